The van der Waals surface area contributed by atoms with Gasteiger partial charge in [0.1, 0.15) is 23.1 Å². The zero-order valence-corrected chi connectivity index (χ0v) is 20.3. The van der Waals surface area contributed by atoms with Crippen molar-refractivity contribution in [2.75, 3.05) is 14.2 Å². The molecule has 2 aromatic rings. The van der Waals surface area contributed by atoms with Gasteiger partial charge in [-0.1, -0.05) is 17.7 Å². The van der Waals surface area contributed by atoms with Crippen LogP contribution in [0, 0.1) is 0 Å². The predicted octanol–water partition coefficient (Wildman–Crippen LogP) is 1.23. The number of halogens is 3. The minimum atomic E-state index is -4.32. The fourth-order valence-corrected chi connectivity index (χ4v) is 4.00. The molecule has 1 aliphatic rings. The first-order valence-electron chi connectivity index (χ1n) is 10.0. The lowest BCUT2D eigenvalue weighted by Gasteiger charge is -2.23. The fraction of sp³-hybridized carbons (Fsp3) is 0.421. The number of pyridine rings is 1. The van der Waals surface area contributed by atoms with Crippen LogP contribution < -0.4 is 20.3 Å². The lowest BCUT2D eigenvalue weighted by atomic mass is 10.2. The average molecular weight is 534 g/mol. The summed E-state index contributed by atoms with van der Waals surface area (Å²) in [5.41, 5.74) is 4.33. The fourth-order valence-electron chi connectivity index (χ4n) is 2.78. The normalized spacial score (nSPS) is 18.8. The molecule has 0 aliphatic heterocycles. The van der Waals surface area contributed by atoms with E-state index in [2.05, 4.69) is 35.5 Å². The molecule has 1 fully saturated rings. The number of carbonyl (C=O) groups is 1. The van der Waals surface area contributed by atoms with Crippen molar-refractivity contribution >= 4 is 33.5 Å². The molecule has 35 heavy (non-hydrogen) atoms. The molecule has 1 unspecified atom stereocenters. The van der Waals surface area contributed by atoms with Crippen molar-refractivity contribution in [2.24, 2.45) is 4.99 Å². The van der Waals surface area contributed by atoms with Gasteiger partial charge in [0.2, 0.25) is 21.9 Å². The van der Waals surface area contributed by atoms with Gasteiger partial charge in [-0.25, -0.2) is 37.1 Å². The van der Waals surface area contributed by atoms with Crippen LogP contribution in [0.15, 0.2) is 35.6 Å². The minimum absolute atomic E-state index is 0.0346. The number of rotatable bonds is 8. The largest absolute Gasteiger partial charge is 0.481 e. The molecule has 0 aromatic carbocycles. The van der Waals surface area contributed by atoms with Crippen molar-refractivity contribution in [2.45, 2.75) is 36.7 Å². The molecule has 16 heteroatoms. The molecule has 1 aliphatic carbocycles. The maximum atomic E-state index is 13.5. The second-order valence-corrected chi connectivity index (χ2v) is 9.85. The summed E-state index contributed by atoms with van der Waals surface area (Å²) in [6, 6.07) is 2.92. The monoisotopic (exact) mass is 533 g/mol. The smallest absolute Gasteiger partial charge is 0.288 e. The number of nitrogens with one attached hydrogen (secondary N) is 3. The number of ether oxygens (including phenoxy) is 2. The van der Waals surface area contributed by atoms with Crippen LogP contribution in [0.25, 0.3) is 0 Å². The highest BCUT2D eigenvalue weighted by atomic mass is 35.5. The lowest BCUT2D eigenvalue weighted by Crippen LogP contribution is -2.52. The van der Waals surface area contributed by atoms with Crippen LogP contribution in [-0.4, -0.2) is 66.7 Å². The summed E-state index contributed by atoms with van der Waals surface area (Å²) < 4.78 is 65.2. The summed E-state index contributed by atoms with van der Waals surface area (Å²) in [5, 5.41) is -1.07. The van der Waals surface area contributed by atoms with Crippen molar-refractivity contribution in [1.82, 2.24) is 30.5 Å². The molecule has 0 spiro atoms. The van der Waals surface area contributed by atoms with Crippen molar-refractivity contribution in [3.8, 4) is 5.88 Å². The Balaban J connectivity index is 1.77. The number of methoxy groups -OCH3 is 2. The molecule has 1 saturated carbocycles. The van der Waals surface area contributed by atoms with E-state index in [-0.39, 0.29) is 22.4 Å². The van der Waals surface area contributed by atoms with Gasteiger partial charge in [0, 0.05) is 32.0 Å². The second-order valence-electron chi connectivity index (χ2n) is 7.37. The highest BCUT2D eigenvalue weighted by Crippen LogP contribution is 2.44. The first-order chi connectivity index (χ1) is 16.5. The lowest BCUT2D eigenvalue weighted by molar-refractivity contribution is 0.0935. The number of guanidine groups is 1. The molecule has 0 saturated heterocycles. The molecule has 3 N–H and O–H groups in total. The highest BCUT2D eigenvalue weighted by molar-refractivity contribution is 7.90. The van der Waals surface area contributed by atoms with Gasteiger partial charge >= 0.3 is 0 Å². The minimum Gasteiger partial charge on any atom is -0.481 e. The SMILES string of the molecule is COc1cccc(C(=O)NNC(=NC2CC2(F)F)NS(=O)(=O)[C@@H](C)[C@H](OC)c2ncc(Cl)cn2)n1. The molecule has 1 amide bonds. The number of aliphatic imine (C=N–C) groups is 1. The van der Waals surface area contributed by atoms with E-state index in [4.69, 9.17) is 21.1 Å². The van der Waals surface area contributed by atoms with Gasteiger partial charge in [0.25, 0.3) is 11.8 Å². The summed E-state index contributed by atoms with van der Waals surface area (Å²) in [6.07, 6.45) is 0.840. The predicted molar refractivity (Wildman–Crippen MR) is 120 cm³/mol. The van der Waals surface area contributed by atoms with Crippen molar-refractivity contribution in [3.05, 3.63) is 47.1 Å². The van der Waals surface area contributed by atoms with E-state index in [1.165, 1.54) is 51.7 Å². The van der Waals surface area contributed by atoms with Crippen LogP contribution in [0.1, 0.15) is 35.8 Å². The molecule has 3 rings (SSSR count). The van der Waals surface area contributed by atoms with Gasteiger partial charge in [-0.2, -0.15) is 0 Å². The van der Waals surface area contributed by atoms with Crippen LogP contribution >= 0.6 is 11.6 Å². The molecule has 0 bridgehead atoms. The number of amides is 1. The quantitative estimate of drug-likeness (QED) is 0.258. The number of sulfonamides is 1. The van der Waals surface area contributed by atoms with Crippen molar-refractivity contribution in [1.29, 1.82) is 0 Å². The van der Waals surface area contributed by atoms with Gasteiger partial charge in [-0.15, -0.1) is 0 Å². The first-order valence-corrected chi connectivity index (χ1v) is 11.9. The van der Waals surface area contributed by atoms with E-state index < -0.39 is 51.6 Å². The van der Waals surface area contributed by atoms with E-state index in [0.29, 0.717) is 0 Å². The number of nitrogens with zero attached hydrogens (tertiary/aromatic N) is 4. The van der Waals surface area contributed by atoms with Gasteiger partial charge in [0.15, 0.2) is 5.82 Å². The van der Waals surface area contributed by atoms with Crippen LogP contribution in [-0.2, 0) is 14.8 Å². The number of alkyl halides is 2. The molecule has 190 valence electrons. The second kappa shape index (κ2) is 10.6. The molecule has 2 heterocycles. The van der Waals surface area contributed by atoms with Gasteiger partial charge in [0.05, 0.1) is 12.1 Å². The van der Waals surface area contributed by atoms with E-state index in [9.17, 15) is 22.0 Å². The Hall–Kier alpha value is -3.17. The maximum absolute atomic E-state index is 13.5. The number of hydrogen-bond donors (Lipinski definition) is 3. The van der Waals surface area contributed by atoms with Gasteiger partial charge < -0.3 is 9.47 Å². The van der Waals surface area contributed by atoms with Crippen LogP contribution in [0.3, 0.4) is 0 Å². The molecular formula is C19H22ClF2N7O5S. The molecular weight excluding hydrogens is 512 g/mol. The number of aromatic nitrogens is 3. The van der Waals surface area contributed by atoms with E-state index >= 15 is 0 Å². The Bertz CT molecular complexity index is 1200. The third-order valence-electron chi connectivity index (χ3n) is 4.84. The number of hydrazine groups is 1. The van der Waals surface area contributed by atoms with Crippen molar-refractivity contribution in [3.63, 3.8) is 0 Å². The standard InChI is InChI=1S/C19H22ClF2N7O5S/c1-10(15(34-3)16-23-8-11(20)9-24-16)35(31,32)29-18(26-13-7-19(13,21)22)28-27-17(30)12-5-4-6-14(25-12)33-2/h4-6,8-10,13,15H,7H2,1-3H3,(H,27,30)(H2,26,28,29)/t10-,13?,15-/m0/s1. The summed E-state index contributed by atoms with van der Waals surface area (Å²) in [4.78, 5) is 28.0. The summed E-state index contributed by atoms with van der Waals surface area (Å²) in [6.45, 7) is 1.30. The topological polar surface area (TPSA) is 157 Å². The van der Waals surface area contributed by atoms with E-state index in [0.717, 1.165) is 0 Å². The molecule has 12 nitrogen and oxygen atoms in total. The zero-order valence-electron chi connectivity index (χ0n) is 18.7. The van der Waals surface area contributed by atoms with Crippen LogP contribution in [0.4, 0.5) is 8.78 Å². The number of carbonyl (C=O) groups excluding carboxylic acids is 1. The maximum Gasteiger partial charge on any atom is 0.288 e. The summed E-state index contributed by atoms with van der Waals surface area (Å²) in [7, 11) is -1.70. The number of hydrogen-bond acceptors (Lipinski definition) is 9. The Kier molecular flexibility index (Phi) is 8.02. The van der Waals surface area contributed by atoms with Crippen LogP contribution in [0.2, 0.25) is 5.02 Å². The Labute approximate surface area is 204 Å². The third-order valence-corrected chi connectivity index (χ3v) is 6.74. The van der Waals surface area contributed by atoms with Crippen LogP contribution in [0.5, 0.6) is 5.88 Å². The van der Waals surface area contributed by atoms with E-state index in [1.807, 2.05) is 0 Å². The zero-order chi connectivity index (χ0) is 25.8. The van der Waals surface area contributed by atoms with E-state index in [1.54, 1.807) is 0 Å². The Morgan fingerprint density at radius 1 is 1.26 bits per heavy atom. The molecule has 0 radical (unpaired) electrons. The summed E-state index contributed by atoms with van der Waals surface area (Å²) in [5.74, 6) is -4.31. The average Bonchev–Trinajstić information content (AvgIpc) is 3.43. The first kappa shape index (κ1) is 26.4. The van der Waals surface area contributed by atoms with Gasteiger partial charge in [-0.3, -0.25) is 20.4 Å². The Morgan fingerprint density at radius 2 is 1.91 bits per heavy atom. The van der Waals surface area contributed by atoms with Gasteiger partial charge in [-0.05, 0) is 13.0 Å². The third kappa shape index (κ3) is 6.70. The Morgan fingerprint density at radius 3 is 2.49 bits per heavy atom. The van der Waals surface area contributed by atoms with Crippen molar-refractivity contribution < 1.29 is 31.5 Å². The molecule has 2 aromatic heterocycles. The molecule has 3 atom stereocenters. The highest BCUT2D eigenvalue weighted by Gasteiger charge is 2.57. The summed E-state index contributed by atoms with van der Waals surface area (Å²) >= 11 is 5.77.